The molecule has 1 aliphatic rings. The van der Waals surface area contributed by atoms with Gasteiger partial charge in [0.15, 0.2) is 0 Å². The van der Waals surface area contributed by atoms with E-state index in [9.17, 15) is 13.2 Å². The molecule has 1 heterocycles. The first-order chi connectivity index (χ1) is 9.80. The number of likely N-dealkylation sites (N-methyl/N-ethyl adjacent to an activating group) is 1. The number of ether oxygens (including phenoxy) is 1. The molecule has 8 heteroatoms. The first-order valence-corrected chi connectivity index (χ1v) is 9.17. The van der Waals surface area contributed by atoms with Gasteiger partial charge in [-0.05, 0) is 31.2 Å². The molecule has 0 aromatic carbocycles. The zero-order valence-corrected chi connectivity index (χ0v) is 13.8. The molecule has 1 amide bonds. The van der Waals surface area contributed by atoms with E-state index in [2.05, 4.69) is 0 Å². The highest BCUT2D eigenvalue weighted by Gasteiger charge is 2.23. The van der Waals surface area contributed by atoms with E-state index < -0.39 is 10.0 Å². The van der Waals surface area contributed by atoms with Gasteiger partial charge in [0, 0.05) is 25.6 Å². The monoisotopic (exact) mass is 332 g/mol. The summed E-state index contributed by atoms with van der Waals surface area (Å²) >= 11 is 0.978. The van der Waals surface area contributed by atoms with Crippen LogP contribution in [0, 0.1) is 12.8 Å². The lowest BCUT2D eigenvalue weighted by Crippen LogP contribution is -2.30. The van der Waals surface area contributed by atoms with Crippen molar-refractivity contribution < 1.29 is 17.9 Å². The van der Waals surface area contributed by atoms with Gasteiger partial charge in [0.2, 0.25) is 10.0 Å². The number of sulfonamides is 1. The van der Waals surface area contributed by atoms with Crippen LogP contribution in [0.3, 0.4) is 0 Å². The summed E-state index contributed by atoms with van der Waals surface area (Å²) in [6.07, 6.45) is 2.47. The third-order valence-corrected chi connectivity index (χ3v) is 6.13. The number of thiophene rings is 1. The number of carbonyl (C=O) groups is 1. The molecular formula is C13H20N2O4S2. The van der Waals surface area contributed by atoms with Crippen LogP contribution in [0.25, 0.3) is 0 Å². The Labute approximate surface area is 128 Å². The van der Waals surface area contributed by atoms with Crippen LogP contribution in [0.2, 0.25) is 0 Å². The Balaban J connectivity index is 1.93. The number of amides is 1. The molecule has 2 rings (SSSR count). The molecule has 1 saturated carbocycles. The minimum atomic E-state index is -3.77. The summed E-state index contributed by atoms with van der Waals surface area (Å²) in [5.74, 6) is 0.483. The minimum absolute atomic E-state index is 0.0456. The van der Waals surface area contributed by atoms with E-state index in [4.69, 9.17) is 9.88 Å². The fraction of sp³-hybridized carbons (Fsp3) is 0.615. The fourth-order valence-electron chi connectivity index (χ4n) is 1.93. The molecule has 0 aliphatic heterocycles. The van der Waals surface area contributed by atoms with Crippen LogP contribution >= 0.6 is 11.3 Å². The highest BCUT2D eigenvalue weighted by Crippen LogP contribution is 2.29. The van der Waals surface area contributed by atoms with Crippen LogP contribution in [-0.4, -0.2) is 46.0 Å². The first-order valence-electron chi connectivity index (χ1n) is 6.74. The quantitative estimate of drug-likeness (QED) is 0.760. The van der Waals surface area contributed by atoms with Gasteiger partial charge in [-0.2, -0.15) is 0 Å². The van der Waals surface area contributed by atoms with E-state index in [1.165, 1.54) is 17.7 Å². The molecule has 0 spiro atoms. The standard InChI is InChI=1S/C13H20N2O4S2/c1-9-11(8-20-13(9)21(14,17)18)12(16)15(2)5-6-19-7-10-3-4-10/h8,10H,3-7H2,1-2H3,(H2,14,17,18). The highest BCUT2D eigenvalue weighted by atomic mass is 32.2. The molecule has 118 valence electrons. The molecule has 1 aromatic rings. The van der Waals surface area contributed by atoms with Crippen LogP contribution in [0.5, 0.6) is 0 Å². The largest absolute Gasteiger partial charge is 0.379 e. The lowest BCUT2D eigenvalue weighted by atomic mass is 10.2. The van der Waals surface area contributed by atoms with E-state index in [1.807, 2.05) is 0 Å². The van der Waals surface area contributed by atoms with Crippen molar-refractivity contribution in [2.45, 2.75) is 24.0 Å². The molecular weight excluding hydrogens is 312 g/mol. The maximum Gasteiger partial charge on any atom is 0.254 e. The average Bonchev–Trinajstić information content (AvgIpc) is 3.13. The molecule has 21 heavy (non-hydrogen) atoms. The van der Waals surface area contributed by atoms with Gasteiger partial charge in [-0.25, -0.2) is 13.6 Å². The smallest absolute Gasteiger partial charge is 0.254 e. The van der Waals surface area contributed by atoms with E-state index in [1.54, 1.807) is 19.4 Å². The SMILES string of the molecule is Cc1c(C(=O)N(C)CCOCC2CC2)csc1S(N)(=O)=O. The number of rotatable bonds is 7. The first kappa shape index (κ1) is 16.4. The zero-order valence-electron chi connectivity index (χ0n) is 12.2. The maximum atomic E-state index is 12.3. The molecule has 2 N–H and O–H groups in total. The molecule has 0 bridgehead atoms. The van der Waals surface area contributed by atoms with Gasteiger partial charge in [0.05, 0.1) is 12.2 Å². The van der Waals surface area contributed by atoms with Crippen LogP contribution in [0.1, 0.15) is 28.8 Å². The third kappa shape index (κ3) is 4.26. The highest BCUT2D eigenvalue weighted by molar-refractivity contribution is 7.91. The fourth-order valence-corrected chi connectivity index (χ4v) is 3.94. The molecule has 0 saturated heterocycles. The van der Waals surface area contributed by atoms with Gasteiger partial charge in [-0.1, -0.05) is 0 Å². The molecule has 1 aromatic heterocycles. The van der Waals surface area contributed by atoms with E-state index >= 15 is 0 Å². The van der Waals surface area contributed by atoms with Crippen molar-refractivity contribution in [3.8, 4) is 0 Å². The summed E-state index contributed by atoms with van der Waals surface area (Å²) in [7, 11) is -2.10. The Morgan fingerprint density at radius 2 is 2.19 bits per heavy atom. The summed E-state index contributed by atoms with van der Waals surface area (Å²) < 4.78 is 28.3. The van der Waals surface area contributed by atoms with Crippen molar-refractivity contribution in [3.05, 3.63) is 16.5 Å². The van der Waals surface area contributed by atoms with Gasteiger partial charge >= 0.3 is 0 Å². The van der Waals surface area contributed by atoms with Crippen molar-refractivity contribution in [1.29, 1.82) is 0 Å². The number of carbonyl (C=O) groups excluding carboxylic acids is 1. The molecule has 1 fully saturated rings. The lowest BCUT2D eigenvalue weighted by Gasteiger charge is -2.17. The van der Waals surface area contributed by atoms with Gasteiger partial charge in [0.25, 0.3) is 5.91 Å². The Hall–Kier alpha value is -0.960. The minimum Gasteiger partial charge on any atom is -0.379 e. The summed E-state index contributed by atoms with van der Waals surface area (Å²) in [6, 6.07) is 0. The van der Waals surface area contributed by atoms with Crippen LogP contribution in [-0.2, 0) is 14.8 Å². The van der Waals surface area contributed by atoms with Gasteiger partial charge in [0.1, 0.15) is 4.21 Å². The van der Waals surface area contributed by atoms with Gasteiger partial charge in [-0.15, -0.1) is 11.3 Å². The Morgan fingerprint density at radius 1 is 1.52 bits per heavy atom. The zero-order chi connectivity index (χ0) is 15.6. The Bertz CT molecular complexity index is 620. The van der Waals surface area contributed by atoms with Gasteiger partial charge < -0.3 is 9.64 Å². The molecule has 1 aliphatic carbocycles. The van der Waals surface area contributed by atoms with Crippen molar-refractivity contribution in [2.75, 3.05) is 26.8 Å². The molecule has 6 nitrogen and oxygen atoms in total. The Kier molecular flexibility index (Phi) is 5.03. The van der Waals surface area contributed by atoms with Crippen LogP contribution < -0.4 is 5.14 Å². The van der Waals surface area contributed by atoms with Crippen molar-refractivity contribution >= 4 is 27.3 Å². The number of nitrogens with two attached hydrogens (primary N) is 1. The summed E-state index contributed by atoms with van der Waals surface area (Å²) in [6.45, 7) is 3.32. The Morgan fingerprint density at radius 3 is 2.71 bits per heavy atom. The predicted octanol–water partition coefficient (Wildman–Crippen LogP) is 1.20. The van der Waals surface area contributed by atoms with E-state index in [0.29, 0.717) is 30.2 Å². The van der Waals surface area contributed by atoms with E-state index in [-0.39, 0.29) is 10.1 Å². The van der Waals surface area contributed by atoms with Crippen molar-refractivity contribution in [2.24, 2.45) is 11.1 Å². The van der Waals surface area contributed by atoms with Gasteiger partial charge in [-0.3, -0.25) is 4.79 Å². The second-order valence-corrected chi connectivity index (χ2v) is 7.99. The lowest BCUT2D eigenvalue weighted by molar-refractivity contribution is 0.0681. The number of hydrogen-bond donors (Lipinski definition) is 1. The average molecular weight is 332 g/mol. The predicted molar refractivity (Wildman–Crippen MR) is 80.9 cm³/mol. The summed E-state index contributed by atoms with van der Waals surface area (Å²) in [5.41, 5.74) is 0.798. The third-order valence-electron chi connectivity index (χ3n) is 3.45. The molecule has 0 radical (unpaired) electrons. The molecule has 0 atom stereocenters. The topological polar surface area (TPSA) is 89.7 Å². The number of hydrogen-bond acceptors (Lipinski definition) is 5. The van der Waals surface area contributed by atoms with Crippen LogP contribution in [0.4, 0.5) is 0 Å². The normalized spacial score (nSPS) is 15.2. The maximum absolute atomic E-state index is 12.3. The second kappa shape index (κ2) is 6.43. The number of primary sulfonamides is 1. The molecule has 0 unspecified atom stereocenters. The number of nitrogens with zero attached hydrogens (tertiary/aromatic N) is 1. The summed E-state index contributed by atoms with van der Waals surface area (Å²) in [4.78, 5) is 13.8. The van der Waals surface area contributed by atoms with E-state index in [0.717, 1.165) is 17.9 Å². The summed E-state index contributed by atoms with van der Waals surface area (Å²) in [5, 5.41) is 6.66. The van der Waals surface area contributed by atoms with Crippen molar-refractivity contribution in [1.82, 2.24) is 4.90 Å². The second-order valence-electron chi connectivity index (χ2n) is 5.35. The van der Waals surface area contributed by atoms with Crippen LogP contribution in [0.15, 0.2) is 9.59 Å². The van der Waals surface area contributed by atoms with Crippen molar-refractivity contribution in [3.63, 3.8) is 0 Å².